The molecule has 0 spiro atoms. The summed E-state index contributed by atoms with van der Waals surface area (Å²) in [6.07, 6.45) is 8.74. The maximum Gasteiger partial charge on any atom is 0.245 e. The fourth-order valence-electron chi connectivity index (χ4n) is 1.32. The van der Waals surface area contributed by atoms with Gasteiger partial charge in [0.1, 0.15) is 4.90 Å². The van der Waals surface area contributed by atoms with Gasteiger partial charge in [-0.2, -0.15) is 4.31 Å². The third-order valence-corrected chi connectivity index (χ3v) is 4.30. The first-order valence-corrected chi connectivity index (χ1v) is 7.29. The molecule has 0 bridgehead atoms. The van der Waals surface area contributed by atoms with Crippen molar-refractivity contribution in [3.05, 3.63) is 22.9 Å². The average molecular weight is 317 g/mol. The van der Waals surface area contributed by atoms with Crippen LogP contribution in [-0.4, -0.2) is 30.8 Å². The standard InChI is InChI=1S/C11H13BrN2O2S/c1-3-5-14(6-4-2)17(15,16)11-7-10(12)8-13-9-11/h1,7-9H,4-6H2,2H3. The summed E-state index contributed by atoms with van der Waals surface area (Å²) >= 11 is 3.20. The highest BCUT2D eigenvalue weighted by Crippen LogP contribution is 2.18. The van der Waals surface area contributed by atoms with E-state index < -0.39 is 10.0 Å². The predicted molar refractivity (Wildman–Crippen MR) is 69.8 cm³/mol. The predicted octanol–water partition coefficient (Wildman–Crippen LogP) is 1.88. The zero-order valence-corrected chi connectivity index (χ0v) is 11.8. The molecule has 92 valence electrons. The SMILES string of the molecule is C#CCN(CCC)S(=O)(=O)c1cncc(Br)c1. The number of rotatable bonds is 5. The lowest BCUT2D eigenvalue weighted by atomic mass is 10.5. The number of nitrogens with zero attached hydrogens (tertiary/aromatic N) is 2. The molecule has 0 saturated heterocycles. The molecule has 1 rings (SSSR count). The summed E-state index contributed by atoms with van der Waals surface area (Å²) in [5.74, 6) is 2.36. The Morgan fingerprint density at radius 3 is 2.76 bits per heavy atom. The molecule has 0 aromatic carbocycles. The first-order valence-electron chi connectivity index (χ1n) is 5.06. The normalized spacial score (nSPS) is 11.4. The Balaban J connectivity index is 3.12. The highest BCUT2D eigenvalue weighted by Gasteiger charge is 2.23. The topological polar surface area (TPSA) is 50.3 Å². The Kier molecular flexibility index (Phi) is 5.12. The molecule has 0 unspecified atom stereocenters. The Morgan fingerprint density at radius 1 is 1.53 bits per heavy atom. The van der Waals surface area contributed by atoms with Crippen LogP contribution in [0.3, 0.4) is 0 Å². The van der Waals surface area contributed by atoms with Gasteiger partial charge in [-0.05, 0) is 28.4 Å². The lowest BCUT2D eigenvalue weighted by Gasteiger charge is -2.18. The summed E-state index contributed by atoms with van der Waals surface area (Å²) in [7, 11) is -3.55. The summed E-state index contributed by atoms with van der Waals surface area (Å²) in [5.41, 5.74) is 0. The third kappa shape index (κ3) is 3.53. The van der Waals surface area contributed by atoms with Crippen molar-refractivity contribution in [2.24, 2.45) is 0 Å². The summed E-state index contributed by atoms with van der Waals surface area (Å²) in [6.45, 7) is 2.37. The van der Waals surface area contributed by atoms with Gasteiger partial charge in [0.05, 0.1) is 6.54 Å². The van der Waals surface area contributed by atoms with E-state index in [0.29, 0.717) is 17.4 Å². The van der Waals surface area contributed by atoms with Crippen molar-refractivity contribution < 1.29 is 8.42 Å². The Morgan fingerprint density at radius 2 is 2.24 bits per heavy atom. The van der Waals surface area contributed by atoms with Crippen LogP contribution in [-0.2, 0) is 10.0 Å². The van der Waals surface area contributed by atoms with Gasteiger partial charge >= 0.3 is 0 Å². The van der Waals surface area contributed by atoms with Crippen LogP contribution in [0, 0.1) is 12.3 Å². The molecule has 0 fully saturated rings. The molecule has 0 aliphatic heterocycles. The van der Waals surface area contributed by atoms with Crippen LogP contribution >= 0.6 is 15.9 Å². The summed E-state index contributed by atoms with van der Waals surface area (Å²) in [4.78, 5) is 4.00. The van der Waals surface area contributed by atoms with Gasteiger partial charge in [0.2, 0.25) is 10.0 Å². The highest BCUT2D eigenvalue weighted by molar-refractivity contribution is 9.10. The van der Waals surface area contributed by atoms with Gasteiger partial charge in [-0.25, -0.2) is 8.42 Å². The molecule has 0 aliphatic carbocycles. The maximum absolute atomic E-state index is 12.2. The van der Waals surface area contributed by atoms with Crippen molar-refractivity contribution in [2.75, 3.05) is 13.1 Å². The van der Waals surface area contributed by atoms with Crippen molar-refractivity contribution in [1.82, 2.24) is 9.29 Å². The average Bonchev–Trinajstić information content (AvgIpc) is 2.29. The molecular weight excluding hydrogens is 304 g/mol. The smallest absolute Gasteiger partial charge is 0.245 e. The molecule has 4 nitrogen and oxygen atoms in total. The molecule has 0 saturated carbocycles. The summed E-state index contributed by atoms with van der Waals surface area (Å²) in [5, 5.41) is 0. The van der Waals surface area contributed by atoms with Crippen LogP contribution in [0.5, 0.6) is 0 Å². The third-order valence-electron chi connectivity index (χ3n) is 2.06. The lowest BCUT2D eigenvalue weighted by molar-refractivity contribution is 0.445. The Bertz CT molecular complexity index is 523. The molecule has 0 atom stereocenters. The van der Waals surface area contributed by atoms with E-state index in [4.69, 9.17) is 6.42 Å². The van der Waals surface area contributed by atoms with Crippen molar-refractivity contribution in [2.45, 2.75) is 18.2 Å². The number of hydrogen-bond acceptors (Lipinski definition) is 3. The van der Waals surface area contributed by atoms with Crippen molar-refractivity contribution in [1.29, 1.82) is 0 Å². The van der Waals surface area contributed by atoms with Crippen molar-refractivity contribution in [3.63, 3.8) is 0 Å². The largest absolute Gasteiger partial charge is 0.262 e. The second-order valence-electron chi connectivity index (χ2n) is 3.38. The second kappa shape index (κ2) is 6.15. The van der Waals surface area contributed by atoms with Crippen molar-refractivity contribution in [3.8, 4) is 12.3 Å². The molecule has 1 aromatic heterocycles. The number of terminal acetylenes is 1. The van der Waals surface area contributed by atoms with Crippen LogP contribution in [0.15, 0.2) is 27.8 Å². The van der Waals surface area contributed by atoms with E-state index in [0.717, 1.165) is 0 Å². The fraction of sp³-hybridized carbons (Fsp3) is 0.364. The maximum atomic E-state index is 12.2. The van der Waals surface area contributed by atoms with E-state index in [1.54, 1.807) is 0 Å². The zero-order valence-electron chi connectivity index (χ0n) is 9.43. The Labute approximate surface area is 110 Å². The van der Waals surface area contributed by atoms with E-state index >= 15 is 0 Å². The molecule has 0 aliphatic rings. The van der Waals surface area contributed by atoms with Gasteiger partial charge in [0.15, 0.2) is 0 Å². The summed E-state index contributed by atoms with van der Waals surface area (Å²) < 4.78 is 26.4. The van der Waals surface area contributed by atoms with Gasteiger partial charge in [0, 0.05) is 23.4 Å². The van der Waals surface area contributed by atoms with E-state index in [9.17, 15) is 8.42 Å². The number of hydrogen-bond donors (Lipinski definition) is 0. The van der Waals surface area contributed by atoms with Crippen LogP contribution in [0.2, 0.25) is 0 Å². The number of sulfonamides is 1. The molecule has 0 amide bonds. The van der Waals surface area contributed by atoms with E-state index in [-0.39, 0.29) is 11.4 Å². The van der Waals surface area contributed by atoms with Gasteiger partial charge in [-0.15, -0.1) is 6.42 Å². The van der Waals surface area contributed by atoms with Gasteiger partial charge in [-0.3, -0.25) is 4.98 Å². The minimum absolute atomic E-state index is 0.0721. The first kappa shape index (κ1) is 14.2. The Hall–Kier alpha value is -0.900. The van der Waals surface area contributed by atoms with Crippen molar-refractivity contribution >= 4 is 26.0 Å². The van der Waals surface area contributed by atoms with Crippen LogP contribution < -0.4 is 0 Å². The number of halogens is 1. The monoisotopic (exact) mass is 316 g/mol. The minimum Gasteiger partial charge on any atom is -0.262 e. The fourth-order valence-corrected chi connectivity index (χ4v) is 3.27. The van der Waals surface area contributed by atoms with E-state index in [1.807, 2.05) is 6.92 Å². The van der Waals surface area contributed by atoms with Crippen LogP contribution in [0.25, 0.3) is 0 Å². The van der Waals surface area contributed by atoms with E-state index in [2.05, 4.69) is 26.8 Å². The van der Waals surface area contributed by atoms with Crippen LogP contribution in [0.4, 0.5) is 0 Å². The highest BCUT2D eigenvalue weighted by atomic mass is 79.9. The summed E-state index contributed by atoms with van der Waals surface area (Å²) in [6, 6.07) is 1.52. The van der Waals surface area contributed by atoms with Gasteiger partial charge < -0.3 is 0 Å². The van der Waals surface area contributed by atoms with E-state index in [1.165, 1.54) is 22.8 Å². The lowest BCUT2D eigenvalue weighted by Crippen LogP contribution is -2.32. The number of aromatic nitrogens is 1. The molecule has 17 heavy (non-hydrogen) atoms. The zero-order chi connectivity index (χ0) is 12.9. The molecule has 0 N–H and O–H groups in total. The quantitative estimate of drug-likeness (QED) is 0.779. The second-order valence-corrected chi connectivity index (χ2v) is 6.24. The first-order chi connectivity index (χ1) is 8.02. The molecule has 6 heteroatoms. The minimum atomic E-state index is -3.55. The molecule has 0 radical (unpaired) electrons. The van der Waals surface area contributed by atoms with Gasteiger partial charge in [-0.1, -0.05) is 12.8 Å². The number of pyridine rings is 1. The molecular formula is C11H13BrN2O2S. The molecule has 1 heterocycles. The van der Waals surface area contributed by atoms with Crippen LogP contribution in [0.1, 0.15) is 13.3 Å². The van der Waals surface area contributed by atoms with Gasteiger partial charge in [0.25, 0.3) is 0 Å². The molecule has 1 aromatic rings.